The molecule has 1 heterocycles. The zero-order chi connectivity index (χ0) is 11.5. The van der Waals surface area contributed by atoms with Crippen molar-refractivity contribution < 1.29 is 18.0 Å². The number of alkyl halides is 3. The van der Waals surface area contributed by atoms with Crippen molar-refractivity contribution in [2.45, 2.75) is 37.7 Å². The summed E-state index contributed by atoms with van der Waals surface area (Å²) in [6, 6.07) is 0.0834. The minimum atomic E-state index is -4.31. The maximum absolute atomic E-state index is 11.9. The van der Waals surface area contributed by atoms with Gasteiger partial charge in [-0.2, -0.15) is 13.2 Å². The smallest absolute Gasteiger partial charge is 0.339 e. The number of hydrogen-bond donors (Lipinski definition) is 0. The average Bonchev–Trinajstić information content (AvgIpc) is 2.14. The van der Waals surface area contributed by atoms with Gasteiger partial charge in [-0.1, -0.05) is 0 Å². The molecule has 88 valence electrons. The molecule has 0 N–H and O–H groups in total. The predicted molar refractivity (Wildman–Crippen MR) is 53.5 cm³/mol. The van der Waals surface area contributed by atoms with Gasteiger partial charge < -0.3 is 4.90 Å². The van der Waals surface area contributed by atoms with Crippen LogP contribution in [-0.4, -0.2) is 34.7 Å². The summed E-state index contributed by atoms with van der Waals surface area (Å²) in [6.45, 7) is 2.48. The van der Waals surface area contributed by atoms with Gasteiger partial charge in [0.1, 0.15) is 0 Å². The van der Waals surface area contributed by atoms with Crippen molar-refractivity contribution in [2.75, 3.05) is 12.3 Å². The summed E-state index contributed by atoms with van der Waals surface area (Å²) in [5.74, 6) is -0.891. The fourth-order valence-corrected chi connectivity index (χ4v) is 2.15. The monoisotopic (exact) mass is 241 g/mol. The number of carbonyl (C=O) groups is 1. The van der Waals surface area contributed by atoms with Crippen molar-refractivity contribution in [1.82, 2.24) is 4.90 Å². The minimum absolute atomic E-state index is 0.0834. The maximum atomic E-state index is 11.9. The Hall–Kier alpha value is -0.390. The van der Waals surface area contributed by atoms with Crippen LogP contribution in [-0.2, 0) is 4.79 Å². The molecule has 1 unspecified atom stereocenters. The van der Waals surface area contributed by atoms with Gasteiger partial charge in [-0.15, -0.1) is 0 Å². The van der Waals surface area contributed by atoms with E-state index in [1.807, 2.05) is 6.92 Å². The lowest BCUT2D eigenvalue weighted by Crippen LogP contribution is -2.43. The summed E-state index contributed by atoms with van der Waals surface area (Å²) in [4.78, 5) is 13.0. The van der Waals surface area contributed by atoms with Crippen LogP contribution in [0.3, 0.4) is 0 Å². The molecule has 0 spiro atoms. The van der Waals surface area contributed by atoms with Crippen LogP contribution < -0.4 is 0 Å². The molecule has 1 saturated heterocycles. The summed E-state index contributed by atoms with van der Waals surface area (Å²) < 4.78 is 35.6. The zero-order valence-electron chi connectivity index (χ0n) is 8.51. The summed E-state index contributed by atoms with van der Waals surface area (Å²) in [5.41, 5.74) is -4.31. The van der Waals surface area contributed by atoms with E-state index < -0.39 is 17.2 Å². The molecular formula is C9H14F3NOS. The second kappa shape index (κ2) is 5.09. The minimum Gasteiger partial charge on any atom is -0.339 e. The van der Waals surface area contributed by atoms with Crippen LogP contribution in [0.4, 0.5) is 13.2 Å². The first-order valence-corrected chi connectivity index (χ1v) is 5.89. The normalized spacial score (nSPS) is 22.9. The van der Waals surface area contributed by atoms with Gasteiger partial charge in [-0.05, 0) is 37.9 Å². The molecule has 0 bridgehead atoms. The van der Waals surface area contributed by atoms with E-state index in [2.05, 4.69) is 0 Å². The molecule has 1 aliphatic heterocycles. The Labute approximate surface area is 91.2 Å². The van der Waals surface area contributed by atoms with E-state index in [1.165, 1.54) is 0 Å². The quantitative estimate of drug-likeness (QED) is 0.740. The van der Waals surface area contributed by atoms with Crippen LogP contribution in [0, 0.1) is 0 Å². The molecular weight excluding hydrogens is 227 g/mol. The molecule has 1 fully saturated rings. The second-order valence-electron chi connectivity index (χ2n) is 3.67. The summed E-state index contributed by atoms with van der Waals surface area (Å²) in [5, 5.41) is 0. The maximum Gasteiger partial charge on any atom is 0.442 e. The van der Waals surface area contributed by atoms with Crippen molar-refractivity contribution in [3.63, 3.8) is 0 Å². The van der Waals surface area contributed by atoms with Crippen molar-refractivity contribution >= 4 is 17.7 Å². The molecule has 0 radical (unpaired) electrons. The first-order valence-electron chi connectivity index (χ1n) is 4.90. The van der Waals surface area contributed by atoms with Crippen LogP contribution in [0.25, 0.3) is 0 Å². The van der Waals surface area contributed by atoms with Gasteiger partial charge in [0.2, 0.25) is 5.91 Å². The van der Waals surface area contributed by atoms with E-state index >= 15 is 0 Å². The van der Waals surface area contributed by atoms with Gasteiger partial charge in [-0.25, -0.2) is 0 Å². The molecule has 2 nitrogen and oxygen atoms in total. The first-order chi connectivity index (χ1) is 6.90. The number of likely N-dealkylation sites (tertiary alicyclic amines) is 1. The fraction of sp³-hybridized carbons (Fsp3) is 0.889. The fourth-order valence-electron chi connectivity index (χ4n) is 1.70. The molecule has 0 saturated carbocycles. The lowest BCUT2D eigenvalue weighted by Gasteiger charge is -2.33. The van der Waals surface area contributed by atoms with Gasteiger partial charge >= 0.3 is 5.51 Å². The molecule has 0 aliphatic carbocycles. The van der Waals surface area contributed by atoms with E-state index in [1.54, 1.807) is 4.90 Å². The highest BCUT2D eigenvalue weighted by molar-refractivity contribution is 8.00. The van der Waals surface area contributed by atoms with Crippen LogP contribution in [0.1, 0.15) is 26.2 Å². The summed E-state index contributed by atoms with van der Waals surface area (Å²) >= 11 is -0.254. The number of halogens is 3. The van der Waals surface area contributed by atoms with Crippen molar-refractivity contribution in [1.29, 1.82) is 0 Å². The number of amides is 1. The van der Waals surface area contributed by atoms with Crippen LogP contribution in [0.15, 0.2) is 0 Å². The Morgan fingerprint density at radius 2 is 2.13 bits per heavy atom. The van der Waals surface area contributed by atoms with E-state index in [4.69, 9.17) is 0 Å². The number of thioether (sulfide) groups is 1. The first kappa shape index (κ1) is 12.7. The van der Waals surface area contributed by atoms with Crippen molar-refractivity contribution in [3.8, 4) is 0 Å². The lowest BCUT2D eigenvalue weighted by molar-refractivity contribution is -0.131. The number of rotatable bonds is 2. The SMILES string of the molecule is CC1CCCCN1C(=O)CSC(F)(F)F. The molecule has 1 rings (SSSR count). The molecule has 0 aromatic rings. The molecule has 1 atom stereocenters. The largest absolute Gasteiger partial charge is 0.442 e. The number of carbonyl (C=O) groups excluding carboxylic acids is 1. The van der Waals surface area contributed by atoms with Crippen LogP contribution in [0.2, 0.25) is 0 Å². The third-order valence-electron chi connectivity index (χ3n) is 2.48. The molecule has 1 amide bonds. The average molecular weight is 241 g/mol. The Morgan fingerprint density at radius 3 is 2.67 bits per heavy atom. The Kier molecular flexibility index (Phi) is 4.31. The standard InChI is InChI=1S/C9H14F3NOS/c1-7-4-2-3-5-13(7)8(14)6-15-9(10,11)12/h7H,2-6H2,1H3. The highest BCUT2D eigenvalue weighted by atomic mass is 32.2. The zero-order valence-corrected chi connectivity index (χ0v) is 9.33. The molecule has 0 aromatic carbocycles. The second-order valence-corrected chi connectivity index (χ2v) is 4.71. The highest BCUT2D eigenvalue weighted by Crippen LogP contribution is 2.30. The Morgan fingerprint density at radius 1 is 1.47 bits per heavy atom. The molecule has 15 heavy (non-hydrogen) atoms. The molecule has 6 heteroatoms. The van der Waals surface area contributed by atoms with Gasteiger partial charge in [0.25, 0.3) is 0 Å². The topological polar surface area (TPSA) is 20.3 Å². The lowest BCUT2D eigenvalue weighted by atomic mass is 10.0. The number of nitrogens with zero attached hydrogens (tertiary/aromatic N) is 1. The van der Waals surface area contributed by atoms with E-state index in [0.717, 1.165) is 19.3 Å². The van der Waals surface area contributed by atoms with Crippen molar-refractivity contribution in [3.05, 3.63) is 0 Å². The molecule has 0 aromatic heterocycles. The van der Waals surface area contributed by atoms with Gasteiger partial charge in [-0.3, -0.25) is 4.79 Å². The van der Waals surface area contributed by atoms with Crippen LogP contribution >= 0.6 is 11.8 Å². The molecule has 1 aliphatic rings. The Bertz CT molecular complexity index is 232. The van der Waals surface area contributed by atoms with E-state index in [0.29, 0.717) is 6.54 Å². The summed E-state index contributed by atoms with van der Waals surface area (Å²) in [6.07, 6.45) is 2.84. The Balaban J connectivity index is 2.39. The third-order valence-corrected chi connectivity index (χ3v) is 3.20. The van der Waals surface area contributed by atoms with Crippen LogP contribution in [0.5, 0.6) is 0 Å². The van der Waals surface area contributed by atoms with Crippen molar-refractivity contribution in [2.24, 2.45) is 0 Å². The predicted octanol–water partition coefficient (Wildman–Crippen LogP) is 2.64. The third kappa shape index (κ3) is 4.32. The van der Waals surface area contributed by atoms with E-state index in [-0.39, 0.29) is 17.8 Å². The number of piperidine rings is 1. The van der Waals surface area contributed by atoms with Gasteiger partial charge in [0, 0.05) is 12.6 Å². The number of hydrogen-bond acceptors (Lipinski definition) is 2. The van der Waals surface area contributed by atoms with E-state index in [9.17, 15) is 18.0 Å². The van der Waals surface area contributed by atoms with Gasteiger partial charge in [0.15, 0.2) is 0 Å². The summed E-state index contributed by atoms with van der Waals surface area (Å²) in [7, 11) is 0. The highest BCUT2D eigenvalue weighted by Gasteiger charge is 2.31. The van der Waals surface area contributed by atoms with Gasteiger partial charge in [0.05, 0.1) is 5.75 Å².